The van der Waals surface area contributed by atoms with Crippen molar-refractivity contribution in [1.29, 1.82) is 0 Å². The van der Waals surface area contributed by atoms with Crippen LogP contribution in [0.5, 0.6) is 0 Å². The van der Waals surface area contributed by atoms with Crippen molar-refractivity contribution in [1.82, 2.24) is 20.1 Å². The number of hydrogen-bond acceptors (Lipinski definition) is 4. The molecule has 0 atom stereocenters. The van der Waals surface area contributed by atoms with Gasteiger partial charge in [0.25, 0.3) is 5.91 Å². The van der Waals surface area contributed by atoms with Crippen LogP contribution in [-0.4, -0.2) is 33.1 Å². The summed E-state index contributed by atoms with van der Waals surface area (Å²) in [6, 6.07) is 14.1. The van der Waals surface area contributed by atoms with Gasteiger partial charge < -0.3 is 15.2 Å². The van der Waals surface area contributed by atoms with Crippen LogP contribution in [0.25, 0.3) is 11.4 Å². The monoisotopic (exact) mass is 423 g/mol. The summed E-state index contributed by atoms with van der Waals surface area (Å²) in [5.74, 6) is 1.24. The lowest BCUT2D eigenvalue weighted by Crippen LogP contribution is -2.32. The molecule has 1 aliphatic heterocycles. The topological polar surface area (TPSA) is 88.9 Å². The van der Waals surface area contributed by atoms with E-state index in [-0.39, 0.29) is 18.4 Å². The normalized spacial score (nSPS) is 13.2. The summed E-state index contributed by atoms with van der Waals surface area (Å²) in [7, 11) is 0. The Morgan fingerprint density at radius 2 is 1.87 bits per heavy atom. The minimum absolute atomic E-state index is 0.134. The minimum Gasteiger partial charge on any atom is -0.343 e. The molecule has 3 aromatic rings. The highest BCUT2D eigenvalue weighted by atomic mass is 35.5. The maximum absolute atomic E-state index is 12.2. The summed E-state index contributed by atoms with van der Waals surface area (Å²) in [5, 5.41) is 14.5. The molecule has 30 heavy (non-hydrogen) atoms. The highest BCUT2D eigenvalue weighted by Crippen LogP contribution is 2.24. The average molecular weight is 424 g/mol. The fourth-order valence-corrected chi connectivity index (χ4v) is 3.69. The van der Waals surface area contributed by atoms with Crippen molar-refractivity contribution in [2.24, 2.45) is 0 Å². The van der Waals surface area contributed by atoms with E-state index in [1.807, 2.05) is 24.3 Å². The molecular formula is C22H22ClN5O2. The van der Waals surface area contributed by atoms with Gasteiger partial charge in [-0.25, -0.2) is 0 Å². The van der Waals surface area contributed by atoms with Crippen LogP contribution in [0.2, 0.25) is 5.02 Å². The summed E-state index contributed by atoms with van der Waals surface area (Å²) in [4.78, 5) is 24.3. The van der Waals surface area contributed by atoms with E-state index in [2.05, 4.69) is 25.4 Å². The van der Waals surface area contributed by atoms with E-state index in [1.54, 1.807) is 24.3 Å². The molecule has 1 aromatic heterocycles. The zero-order valence-electron chi connectivity index (χ0n) is 16.4. The number of rotatable bonds is 5. The summed E-state index contributed by atoms with van der Waals surface area (Å²) >= 11 is 5.89. The van der Waals surface area contributed by atoms with Gasteiger partial charge in [0, 0.05) is 34.8 Å². The molecular weight excluding hydrogens is 402 g/mol. The van der Waals surface area contributed by atoms with Crippen LogP contribution in [0, 0.1) is 0 Å². The van der Waals surface area contributed by atoms with E-state index in [0.717, 1.165) is 43.0 Å². The molecule has 0 spiro atoms. The van der Waals surface area contributed by atoms with Crippen molar-refractivity contribution < 1.29 is 9.59 Å². The lowest BCUT2D eigenvalue weighted by molar-refractivity contribution is -0.115. The third kappa shape index (κ3) is 4.68. The van der Waals surface area contributed by atoms with Crippen molar-refractivity contribution in [3.8, 4) is 11.4 Å². The summed E-state index contributed by atoms with van der Waals surface area (Å²) < 4.78 is 2.19. The SMILES string of the molecule is O=C(CNC(=O)c1cccc(Cl)c1)Nc1ccc(-c2nnc3n2CCCCC3)cc1. The average Bonchev–Trinajstić information content (AvgIpc) is 3.00. The van der Waals surface area contributed by atoms with E-state index in [1.165, 1.54) is 6.42 Å². The van der Waals surface area contributed by atoms with Crippen LogP contribution >= 0.6 is 11.6 Å². The molecule has 8 heteroatoms. The van der Waals surface area contributed by atoms with Gasteiger partial charge in [-0.2, -0.15) is 0 Å². The number of aryl methyl sites for hydroxylation is 1. The van der Waals surface area contributed by atoms with Gasteiger partial charge in [0.2, 0.25) is 5.91 Å². The number of anilines is 1. The number of nitrogens with zero attached hydrogens (tertiary/aromatic N) is 3. The van der Waals surface area contributed by atoms with Crippen LogP contribution in [-0.2, 0) is 17.8 Å². The number of carbonyl (C=O) groups is 2. The molecule has 0 fully saturated rings. The van der Waals surface area contributed by atoms with E-state index in [4.69, 9.17) is 11.6 Å². The lowest BCUT2D eigenvalue weighted by atomic mass is 10.2. The molecule has 0 unspecified atom stereocenters. The fourth-order valence-electron chi connectivity index (χ4n) is 3.50. The van der Waals surface area contributed by atoms with Gasteiger partial charge in [0.15, 0.2) is 5.82 Å². The lowest BCUT2D eigenvalue weighted by Gasteiger charge is -2.09. The Bertz CT molecular complexity index is 1060. The van der Waals surface area contributed by atoms with Crippen LogP contribution in [0.3, 0.4) is 0 Å². The Morgan fingerprint density at radius 3 is 2.67 bits per heavy atom. The van der Waals surface area contributed by atoms with Gasteiger partial charge >= 0.3 is 0 Å². The largest absolute Gasteiger partial charge is 0.343 e. The predicted molar refractivity (Wildman–Crippen MR) is 115 cm³/mol. The van der Waals surface area contributed by atoms with Gasteiger partial charge in [0.05, 0.1) is 6.54 Å². The zero-order valence-corrected chi connectivity index (χ0v) is 17.2. The molecule has 154 valence electrons. The first-order chi connectivity index (χ1) is 14.6. The van der Waals surface area contributed by atoms with E-state index in [0.29, 0.717) is 16.3 Å². The Hall–Kier alpha value is -3.19. The maximum Gasteiger partial charge on any atom is 0.251 e. The number of carbonyl (C=O) groups excluding carboxylic acids is 2. The van der Waals surface area contributed by atoms with Crippen LogP contribution in [0.1, 0.15) is 35.4 Å². The Labute approximate surface area is 179 Å². The summed E-state index contributed by atoms with van der Waals surface area (Å²) in [6.07, 6.45) is 4.45. The third-order valence-electron chi connectivity index (χ3n) is 5.03. The number of halogens is 1. The van der Waals surface area contributed by atoms with E-state index in [9.17, 15) is 9.59 Å². The Morgan fingerprint density at radius 1 is 1.03 bits per heavy atom. The van der Waals surface area contributed by atoms with Crippen molar-refractivity contribution in [2.75, 3.05) is 11.9 Å². The maximum atomic E-state index is 12.2. The Kier molecular flexibility index (Phi) is 6.09. The number of amides is 2. The highest BCUT2D eigenvalue weighted by Gasteiger charge is 2.16. The van der Waals surface area contributed by atoms with Crippen LogP contribution in [0.4, 0.5) is 5.69 Å². The molecule has 0 radical (unpaired) electrons. The second kappa shape index (κ2) is 9.09. The van der Waals surface area contributed by atoms with Crippen molar-refractivity contribution in [3.63, 3.8) is 0 Å². The molecule has 1 aliphatic rings. The summed E-state index contributed by atoms with van der Waals surface area (Å²) in [6.45, 7) is 0.799. The van der Waals surface area contributed by atoms with Crippen LogP contribution in [0.15, 0.2) is 48.5 Å². The van der Waals surface area contributed by atoms with Gasteiger partial charge in [-0.05, 0) is 55.3 Å². The number of benzene rings is 2. The van der Waals surface area contributed by atoms with Gasteiger partial charge in [-0.15, -0.1) is 10.2 Å². The summed E-state index contributed by atoms with van der Waals surface area (Å²) in [5.41, 5.74) is 2.02. The smallest absolute Gasteiger partial charge is 0.251 e. The first kappa shape index (κ1) is 20.1. The number of fused-ring (bicyclic) bond motifs is 1. The standard InChI is InChI=1S/C22H22ClN5O2/c23-17-6-4-5-16(13-17)22(30)24-14-20(29)25-18-10-8-15(9-11-18)21-27-26-19-7-2-1-3-12-28(19)21/h4-6,8-11,13H,1-3,7,12,14H2,(H,24,30)(H,25,29). The molecule has 0 aliphatic carbocycles. The molecule has 4 rings (SSSR count). The molecule has 0 saturated heterocycles. The molecule has 2 N–H and O–H groups in total. The second-order valence-electron chi connectivity index (χ2n) is 7.22. The molecule has 2 aromatic carbocycles. The van der Waals surface area contributed by atoms with Gasteiger partial charge in [0.1, 0.15) is 5.82 Å². The quantitative estimate of drug-likeness (QED) is 0.655. The van der Waals surface area contributed by atoms with Crippen molar-refractivity contribution in [2.45, 2.75) is 32.2 Å². The van der Waals surface area contributed by atoms with Gasteiger partial charge in [-0.1, -0.05) is 24.1 Å². The van der Waals surface area contributed by atoms with Crippen molar-refractivity contribution in [3.05, 3.63) is 64.9 Å². The molecule has 2 amide bonds. The van der Waals surface area contributed by atoms with E-state index < -0.39 is 0 Å². The van der Waals surface area contributed by atoms with E-state index >= 15 is 0 Å². The zero-order chi connectivity index (χ0) is 20.9. The molecule has 2 heterocycles. The first-order valence-corrected chi connectivity index (χ1v) is 10.3. The minimum atomic E-state index is -0.351. The van der Waals surface area contributed by atoms with Gasteiger partial charge in [-0.3, -0.25) is 9.59 Å². The third-order valence-corrected chi connectivity index (χ3v) is 5.27. The Balaban J connectivity index is 1.35. The van der Waals surface area contributed by atoms with Crippen LogP contribution < -0.4 is 10.6 Å². The number of hydrogen-bond donors (Lipinski definition) is 2. The highest BCUT2D eigenvalue weighted by molar-refractivity contribution is 6.31. The predicted octanol–water partition coefficient (Wildman–Crippen LogP) is 3.69. The number of nitrogens with one attached hydrogen (secondary N) is 2. The fraction of sp³-hybridized carbons (Fsp3) is 0.273. The molecule has 0 saturated carbocycles. The molecule has 0 bridgehead atoms. The first-order valence-electron chi connectivity index (χ1n) is 9.96. The number of aromatic nitrogens is 3. The molecule has 7 nitrogen and oxygen atoms in total. The second-order valence-corrected chi connectivity index (χ2v) is 7.66. The van der Waals surface area contributed by atoms with Crippen molar-refractivity contribution >= 4 is 29.1 Å².